The number of carbonyl (C=O) groups excluding carboxylic acids is 1. The first kappa shape index (κ1) is 18.6. The molecule has 0 radical (unpaired) electrons. The van der Waals surface area contributed by atoms with Crippen LogP contribution in [0.4, 0.5) is 5.69 Å². The van der Waals surface area contributed by atoms with Crippen molar-refractivity contribution in [3.63, 3.8) is 0 Å². The molecule has 7 heteroatoms. The Kier molecular flexibility index (Phi) is 5.46. The Hall–Kier alpha value is -2.15. The minimum absolute atomic E-state index is 0.326. The minimum Gasteiger partial charge on any atom is -0.462 e. The van der Waals surface area contributed by atoms with E-state index in [2.05, 4.69) is 34.0 Å². The van der Waals surface area contributed by atoms with Crippen molar-refractivity contribution in [1.82, 2.24) is 19.7 Å². The van der Waals surface area contributed by atoms with Gasteiger partial charge in [0.1, 0.15) is 5.56 Å². The molecule has 2 aromatic rings. The number of rotatable bonds is 5. The Morgan fingerprint density at radius 3 is 2.88 bits per heavy atom. The van der Waals surface area contributed by atoms with E-state index in [-0.39, 0.29) is 5.97 Å². The van der Waals surface area contributed by atoms with Crippen LogP contribution < -0.4 is 4.90 Å². The summed E-state index contributed by atoms with van der Waals surface area (Å²) < 4.78 is 7.05. The molecule has 0 aromatic carbocycles. The molecule has 1 aliphatic rings. The first-order valence-electron chi connectivity index (χ1n) is 9.31. The van der Waals surface area contributed by atoms with Gasteiger partial charge in [-0.25, -0.2) is 9.78 Å². The molecule has 1 atom stereocenters. The molecule has 3 rings (SSSR count). The molecule has 0 spiro atoms. The van der Waals surface area contributed by atoms with Gasteiger partial charge in [0.15, 0.2) is 5.65 Å². The van der Waals surface area contributed by atoms with E-state index in [0.717, 1.165) is 42.0 Å². The molecule has 1 aliphatic heterocycles. The molecule has 0 N–H and O–H groups in total. The maximum absolute atomic E-state index is 12.6. The lowest BCUT2D eigenvalue weighted by molar-refractivity contribution is 0.0526. The maximum Gasteiger partial charge on any atom is 0.341 e. The number of likely N-dealkylation sites (tertiary alicyclic amines) is 1. The number of esters is 1. The largest absolute Gasteiger partial charge is 0.462 e. The summed E-state index contributed by atoms with van der Waals surface area (Å²) in [5.41, 5.74) is 3.07. The molecule has 2 aromatic heterocycles. The third-order valence-electron chi connectivity index (χ3n) is 5.13. The zero-order chi connectivity index (χ0) is 18.8. The van der Waals surface area contributed by atoms with Crippen LogP contribution in [0, 0.1) is 12.8 Å². The van der Waals surface area contributed by atoms with Crippen LogP contribution in [-0.4, -0.2) is 66.0 Å². The molecule has 0 amide bonds. The SMILES string of the molecule is CCOC(=O)c1cnc2c(c(C)nn2C)c1N(C)CC1CCCN(C)C1. The molecule has 26 heavy (non-hydrogen) atoms. The zero-order valence-corrected chi connectivity index (χ0v) is 16.4. The summed E-state index contributed by atoms with van der Waals surface area (Å²) in [4.78, 5) is 21.6. The number of pyridine rings is 1. The molecular formula is C19H29N5O2. The van der Waals surface area contributed by atoms with Crippen molar-refractivity contribution < 1.29 is 9.53 Å². The first-order chi connectivity index (χ1) is 12.4. The highest BCUT2D eigenvalue weighted by Crippen LogP contribution is 2.32. The Balaban J connectivity index is 2.02. The van der Waals surface area contributed by atoms with E-state index >= 15 is 0 Å². The van der Waals surface area contributed by atoms with Gasteiger partial charge in [-0.2, -0.15) is 5.10 Å². The smallest absolute Gasteiger partial charge is 0.341 e. The molecule has 0 saturated carbocycles. The Bertz CT molecular complexity index is 801. The van der Waals surface area contributed by atoms with E-state index in [1.807, 2.05) is 20.9 Å². The van der Waals surface area contributed by atoms with Gasteiger partial charge in [-0.15, -0.1) is 0 Å². The number of hydrogen-bond donors (Lipinski definition) is 0. The van der Waals surface area contributed by atoms with E-state index in [1.165, 1.54) is 12.8 Å². The highest BCUT2D eigenvalue weighted by atomic mass is 16.5. The number of carbonyl (C=O) groups is 1. The van der Waals surface area contributed by atoms with Crippen LogP contribution in [0.25, 0.3) is 11.0 Å². The van der Waals surface area contributed by atoms with Gasteiger partial charge in [0.2, 0.25) is 0 Å². The molecule has 3 heterocycles. The molecule has 1 unspecified atom stereocenters. The van der Waals surface area contributed by atoms with Gasteiger partial charge in [0.05, 0.1) is 23.4 Å². The van der Waals surface area contributed by atoms with Crippen molar-refractivity contribution in [1.29, 1.82) is 0 Å². The number of hydrogen-bond acceptors (Lipinski definition) is 6. The van der Waals surface area contributed by atoms with Gasteiger partial charge in [0.25, 0.3) is 0 Å². The van der Waals surface area contributed by atoms with E-state index < -0.39 is 0 Å². The number of piperidine rings is 1. The third kappa shape index (κ3) is 3.53. The number of fused-ring (bicyclic) bond motifs is 1. The summed E-state index contributed by atoms with van der Waals surface area (Å²) in [7, 11) is 6.11. The van der Waals surface area contributed by atoms with Crippen molar-refractivity contribution in [3.8, 4) is 0 Å². The normalized spacial score (nSPS) is 18.3. The summed E-state index contributed by atoms with van der Waals surface area (Å²) in [5, 5.41) is 5.44. The number of aryl methyl sites for hydroxylation is 2. The third-order valence-corrected chi connectivity index (χ3v) is 5.13. The Morgan fingerprint density at radius 1 is 1.42 bits per heavy atom. The summed E-state index contributed by atoms with van der Waals surface area (Å²) in [6, 6.07) is 0. The summed E-state index contributed by atoms with van der Waals surface area (Å²) in [5.74, 6) is 0.252. The van der Waals surface area contributed by atoms with Gasteiger partial charge in [-0.3, -0.25) is 4.68 Å². The van der Waals surface area contributed by atoms with Crippen molar-refractivity contribution in [2.24, 2.45) is 13.0 Å². The second kappa shape index (κ2) is 7.61. The number of ether oxygens (including phenoxy) is 1. The van der Waals surface area contributed by atoms with Gasteiger partial charge in [0, 0.05) is 33.4 Å². The number of anilines is 1. The van der Waals surface area contributed by atoms with Crippen LogP contribution >= 0.6 is 0 Å². The second-order valence-corrected chi connectivity index (χ2v) is 7.30. The predicted octanol–water partition coefficient (Wildman–Crippen LogP) is 2.23. The van der Waals surface area contributed by atoms with Crippen molar-refractivity contribution in [2.75, 3.05) is 45.2 Å². The standard InChI is InChI=1S/C19H29N5O2/c1-6-26-19(25)15-10-20-18-16(13(2)21-24(18)5)17(15)23(4)12-14-8-7-9-22(3)11-14/h10,14H,6-9,11-12H2,1-5H3. The van der Waals surface area contributed by atoms with Crippen LogP contribution in [0.15, 0.2) is 6.20 Å². The fraction of sp³-hybridized carbons (Fsp3) is 0.632. The van der Waals surface area contributed by atoms with Crippen LogP contribution in [0.2, 0.25) is 0 Å². The minimum atomic E-state index is -0.326. The summed E-state index contributed by atoms with van der Waals surface area (Å²) >= 11 is 0. The van der Waals surface area contributed by atoms with Gasteiger partial charge < -0.3 is 14.5 Å². The maximum atomic E-state index is 12.6. The Morgan fingerprint density at radius 2 is 2.19 bits per heavy atom. The van der Waals surface area contributed by atoms with Crippen LogP contribution in [0.3, 0.4) is 0 Å². The summed E-state index contributed by atoms with van der Waals surface area (Å²) in [6.07, 6.45) is 4.06. The molecule has 0 aliphatic carbocycles. The van der Waals surface area contributed by atoms with Crippen molar-refractivity contribution in [2.45, 2.75) is 26.7 Å². The number of nitrogens with zero attached hydrogens (tertiary/aromatic N) is 5. The van der Waals surface area contributed by atoms with Gasteiger partial charge in [-0.05, 0) is 46.2 Å². The Labute approximate surface area is 154 Å². The van der Waals surface area contributed by atoms with E-state index in [9.17, 15) is 4.79 Å². The average molecular weight is 359 g/mol. The van der Waals surface area contributed by atoms with E-state index in [0.29, 0.717) is 18.1 Å². The van der Waals surface area contributed by atoms with Gasteiger partial charge >= 0.3 is 5.97 Å². The molecule has 1 saturated heterocycles. The molecule has 0 bridgehead atoms. The molecular weight excluding hydrogens is 330 g/mol. The highest BCUT2D eigenvalue weighted by molar-refractivity contribution is 6.05. The van der Waals surface area contributed by atoms with Crippen LogP contribution in [-0.2, 0) is 11.8 Å². The lowest BCUT2D eigenvalue weighted by atomic mass is 9.97. The predicted molar refractivity (Wildman–Crippen MR) is 103 cm³/mol. The molecule has 7 nitrogen and oxygen atoms in total. The van der Waals surface area contributed by atoms with E-state index in [1.54, 1.807) is 10.9 Å². The lowest BCUT2D eigenvalue weighted by Crippen LogP contribution is -2.38. The first-order valence-corrected chi connectivity index (χ1v) is 9.31. The average Bonchev–Trinajstić information content (AvgIpc) is 2.88. The monoisotopic (exact) mass is 359 g/mol. The van der Waals surface area contributed by atoms with Crippen molar-refractivity contribution >= 4 is 22.7 Å². The molecule has 142 valence electrons. The lowest BCUT2D eigenvalue weighted by Gasteiger charge is -2.33. The quantitative estimate of drug-likeness (QED) is 0.763. The second-order valence-electron chi connectivity index (χ2n) is 7.30. The van der Waals surface area contributed by atoms with Crippen LogP contribution in [0.5, 0.6) is 0 Å². The summed E-state index contributed by atoms with van der Waals surface area (Å²) in [6.45, 7) is 7.27. The molecule has 1 fully saturated rings. The number of aromatic nitrogens is 3. The van der Waals surface area contributed by atoms with Crippen molar-refractivity contribution in [3.05, 3.63) is 17.5 Å². The van der Waals surface area contributed by atoms with Crippen LogP contribution in [0.1, 0.15) is 35.8 Å². The fourth-order valence-corrected chi connectivity index (χ4v) is 4.05. The highest BCUT2D eigenvalue weighted by Gasteiger charge is 2.26. The van der Waals surface area contributed by atoms with Gasteiger partial charge in [-0.1, -0.05) is 0 Å². The zero-order valence-electron chi connectivity index (χ0n) is 16.4. The topological polar surface area (TPSA) is 63.5 Å². The fourth-order valence-electron chi connectivity index (χ4n) is 4.05. The van der Waals surface area contributed by atoms with E-state index in [4.69, 9.17) is 4.74 Å².